The van der Waals surface area contributed by atoms with Crippen LogP contribution in [0.5, 0.6) is 5.75 Å². The van der Waals surface area contributed by atoms with Crippen LogP contribution in [0, 0.1) is 5.92 Å². The molecule has 1 rings (SSSR count). The number of carboxylic acid groups (broad SMARTS) is 1. The second-order valence-corrected chi connectivity index (χ2v) is 4.46. The molecular weight excluding hydrogens is 251 g/mol. The Morgan fingerprint density at radius 2 is 2.00 bits per heavy atom. The molecule has 1 unspecified atom stereocenters. The van der Waals surface area contributed by atoms with Crippen molar-refractivity contribution in [3.05, 3.63) is 28.2 Å². The highest BCUT2D eigenvalue weighted by Gasteiger charge is 2.24. The summed E-state index contributed by atoms with van der Waals surface area (Å²) in [6.07, 6.45) is -0.934. The third kappa shape index (κ3) is 3.03. The molecule has 0 radical (unpaired) electrons. The highest BCUT2D eigenvalue weighted by molar-refractivity contribution is 6.42. The van der Waals surface area contributed by atoms with Crippen LogP contribution in [0.15, 0.2) is 18.2 Å². The fourth-order valence-corrected chi connectivity index (χ4v) is 1.52. The Kier molecular flexibility index (Phi) is 4.44. The topological polar surface area (TPSA) is 46.5 Å². The number of rotatable bonds is 4. The Morgan fingerprint density at radius 1 is 1.38 bits per heavy atom. The van der Waals surface area contributed by atoms with Crippen molar-refractivity contribution in [2.24, 2.45) is 5.92 Å². The summed E-state index contributed by atoms with van der Waals surface area (Å²) in [7, 11) is 0. The minimum Gasteiger partial charge on any atom is -0.478 e. The zero-order valence-corrected chi connectivity index (χ0v) is 10.4. The zero-order chi connectivity index (χ0) is 12.3. The lowest BCUT2D eigenvalue weighted by Gasteiger charge is -2.19. The van der Waals surface area contributed by atoms with E-state index in [2.05, 4.69) is 0 Å². The molecular formula is C11H12Cl2O3. The van der Waals surface area contributed by atoms with Crippen LogP contribution in [0.2, 0.25) is 10.0 Å². The fraction of sp³-hybridized carbons (Fsp3) is 0.364. The van der Waals surface area contributed by atoms with Gasteiger partial charge in [0.25, 0.3) is 0 Å². The monoisotopic (exact) mass is 262 g/mol. The molecule has 1 aromatic rings. The first-order chi connectivity index (χ1) is 7.43. The van der Waals surface area contributed by atoms with Crippen molar-refractivity contribution in [1.29, 1.82) is 0 Å². The Hall–Kier alpha value is -0.930. The van der Waals surface area contributed by atoms with Gasteiger partial charge in [-0.15, -0.1) is 0 Å². The lowest BCUT2D eigenvalue weighted by Crippen LogP contribution is -2.32. The lowest BCUT2D eigenvalue weighted by molar-refractivity contribution is -0.147. The van der Waals surface area contributed by atoms with Gasteiger partial charge in [-0.1, -0.05) is 43.1 Å². The van der Waals surface area contributed by atoms with Crippen LogP contribution in [0.4, 0.5) is 0 Å². The highest BCUT2D eigenvalue weighted by atomic mass is 35.5. The van der Waals surface area contributed by atoms with Crippen molar-refractivity contribution < 1.29 is 14.6 Å². The molecule has 0 saturated heterocycles. The van der Waals surface area contributed by atoms with Crippen LogP contribution in [0.3, 0.4) is 0 Å². The summed E-state index contributed by atoms with van der Waals surface area (Å²) in [5, 5.41) is 9.54. The van der Waals surface area contributed by atoms with Crippen LogP contribution in [-0.2, 0) is 4.79 Å². The predicted octanol–water partition coefficient (Wildman–Crippen LogP) is 3.48. The third-order valence-corrected chi connectivity index (χ3v) is 2.82. The van der Waals surface area contributed by atoms with E-state index in [0.29, 0.717) is 5.02 Å². The summed E-state index contributed by atoms with van der Waals surface area (Å²) in [6, 6.07) is 4.86. The Labute approximate surface area is 104 Å². The smallest absolute Gasteiger partial charge is 0.345 e. The van der Waals surface area contributed by atoms with Crippen molar-refractivity contribution in [3.8, 4) is 5.75 Å². The molecule has 1 aromatic carbocycles. The van der Waals surface area contributed by atoms with Crippen molar-refractivity contribution in [1.82, 2.24) is 0 Å². The van der Waals surface area contributed by atoms with Gasteiger partial charge in [0, 0.05) is 5.92 Å². The van der Waals surface area contributed by atoms with E-state index in [-0.39, 0.29) is 16.7 Å². The summed E-state index contributed by atoms with van der Waals surface area (Å²) in [6.45, 7) is 3.52. The van der Waals surface area contributed by atoms with E-state index >= 15 is 0 Å². The van der Waals surface area contributed by atoms with E-state index in [1.807, 2.05) is 0 Å². The van der Waals surface area contributed by atoms with Crippen molar-refractivity contribution in [2.75, 3.05) is 0 Å². The predicted molar refractivity (Wildman–Crippen MR) is 63.4 cm³/mol. The number of carboxylic acids is 1. The number of halogens is 2. The van der Waals surface area contributed by atoms with Gasteiger partial charge in [-0.2, -0.15) is 0 Å². The van der Waals surface area contributed by atoms with Crippen LogP contribution < -0.4 is 4.74 Å². The molecule has 0 aliphatic rings. The first-order valence-corrected chi connectivity index (χ1v) is 5.52. The molecule has 88 valence electrons. The summed E-state index contributed by atoms with van der Waals surface area (Å²) < 4.78 is 5.33. The van der Waals surface area contributed by atoms with Gasteiger partial charge in [0.05, 0.1) is 5.02 Å². The van der Waals surface area contributed by atoms with Crippen molar-refractivity contribution in [2.45, 2.75) is 20.0 Å². The minimum absolute atomic E-state index is 0.160. The van der Waals surface area contributed by atoms with E-state index in [4.69, 9.17) is 33.0 Å². The third-order valence-electron chi connectivity index (χ3n) is 2.02. The SMILES string of the molecule is CC(C)C(Oc1cccc(Cl)c1Cl)C(=O)O. The Balaban J connectivity index is 2.94. The molecule has 0 aliphatic carbocycles. The average molecular weight is 263 g/mol. The quantitative estimate of drug-likeness (QED) is 0.904. The maximum atomic E-state index is 10.9. The van der Waals surface area contributed by atoms with Crippen LogP contribution >= 0.6 is 23.2 Å². The van der Waals surface area contributed by atoms with E-state index in [1.165, 1.54) is 0 Å². The Bertz CT molecular complexity index is 391. The first-order valence-electron chi connectivity index (χ1n) is 4.77. The average Bonchev–Trinajstić information content (AvgIpc) is 2.19. The maximum Gasteiger partial charge on any atom is 0.345 e. The molecule has 0 saturated carbocycles. The maximum absolute atomic E-state index is 10.9. The second-order valence-electron chi connectivity index (χ2n) is 3.67. The normalized spacial score (nSPS) is 12.6. The molecule has 1 atom stereocenters. The van der Waals surface area contributed by atoms with Gasteiger partial charge in [0.15, 0.2) is 6.10 Å². The number of carbonyl (C=O) groups is 1. The standard InChI is InChI=1S/C11H12Cl2O3/c1-6(2)10(11(14)15)16-8-5-3-4-7(12)9(8)13/h3-6,10H,1-2H3,(H,14,15). The molecule has 5 heteroatoms. The van der Waals surface area contributed by atoms with Crippen LogP contribution in [0.1, 0.15) is 13.8 Å². The van der Waals surface area contributed by atoms with Gasteiger partial charge >= 0.3 is 5.97 Å². The molecule has 3 nitrogen and oxygen atoms in total. The Morgan fingerprint density at radius 3 is 2.50 bits per heavy atom. The number of benzene rings is 1. The number of hydrogen-bond donors (Lipinski definition) is 1. The summed E-state index contributed by atoms with van der Waals surface area (Å²) >= 11 is 11.7. The molecule has 0 spiro atoms. The van der Waals surface area contributed by atoms with Gasteiger partial charge in [-0.05, 0) is 12.1 Å². The van der Waals surface area contributed by atoms with Crippen LogP contribution in [-0.4, -0.2) is 17.2 Å². The van der Waals surface area contributed by atoms with Gasteiger partial charge < -0.3 is 9.84 Å². The molecule has 0 heterocycles. The zero-order valence-electron chi connectivity index (χ0n) is 8.91. The largest absolute Gasteiger partial charge is 0.478 e. The van der Waals surface area contributed by atoms with Gasteiger partial charge in [-0.3, -0.25) is 0 Å². The first kappa shape index (κ1) is 13.1. The lowest BCUT2D eigenvalue weighted by atomic mass is 10.1. The molecule has 0 bridgehead atoms. The van der Waals surface area contributed by atoms with E-state index in [9.17, 15) is 4.79 Å². The van der Waals surface area contributed by atoms with E-state index in [0.717, 1.165) is 0 Å². The van der Waals surface area contributed by atoms with Crippen molar-refractivity contribution in [3.63, 3.8) is 0 Å². The molecule has 16 heavy (non-hydrogen) atoms. The molecule has 0 aliphatic heterocycles. The highest BCUT2D eigenvalue weighted by Crippen LogP contribution is 2.32. The number of hydrogen-bond acceptors (Lipinski definition) is 2. The summed E-state index contributed by atoms with van der Waals surface area (Å²) in [5.74, 6) is -0.895. The van der Waals surface area contributed by atoms with Gasteiger partial charge in [-0.25, -0.2) is 4.79 Å². The molecule has 0 aromatic heterocycles. The van der Waals surface area contributed by atoms with Crippen molar-refractivity contribution >= 4 is 29.2 Å². The summed E-state index contributed by atoms with van der Waals surface area (Å²) in [4.78, 5) is 10.9. The van der Waals surface area contributed by atoms with E-state index < -0.39 is 12.1 Å². The number of aliphatic carboxylic acids is 1. The van der Waals surface area contributed by atoms with E-state index in [1.54, 1.807) is 32.0 Å². The number of ether oxygens (including phenoxy) is 1. The molecule has 0 fully saturated rings. The minimum atomic E-state index is -1.02. The molecule has 1 N–H and O–H groups in total. The van der Waals surface area contributed by atoms with Gasteiger partial charge in [0.2, 0.25) is 0 Å². The fourth-order valence-electron chi connectivity index (χ4n) is 1.18. The van der Waals surface area contributed by atoms with Crippen LogP contribution in [0.25, 0.3) is 0 Å². The van der Waals surface area contributed by atoms with Gasteiger partial charge in [0.1, 0.15) is 10.8 Å². The second kappa shape index (κ2) is 5.41. The molecule has 0 amide bonds. The summed E-state index contributed by atoms with van der Waals surface area (Å²) in [5.41, 5.74) is 0.